The highest BCUT2D eigenvalue weighted by molar-refractivity contribution is 6.07. The van der Waals surface area contributed by atoms with Crippen molar-refractivity contribution in [3.05, 3.63) is 34.4 Å². The van der Waals surface area contributed by atoms with E-state index in [1.165, 1.54) is 0 Å². The predicted octanol–water partition coefficient (Wildman–Crippen LogP) is 3.41. The SMILES string of the molecule is CC(C)c1cnc2c(c1F)CC(=O)C1=C2CCC1. The van der Waals surface area contributed by atoms with E-state index in [2.05, 4.69) is 4.98 Å². The smallest absolute Gasteiger partial charge is 0.163 e. The molecule has 1 aromatic heterocycles. The number of pyridine rings is 1. The fraction of sp³-hybridized carbons (Fsp3) is 0.467. The minimum atomic E-state index is -0.221. The van der Waals surface area contributed by atoms with Crippen LogP contribution in [-0.2, 0) is 11.2 Å². The van der Waals surface area contributed by atoms with E-state index in [1.54, 1.807) is 6.20 Å². The Morgan fingerprint density at radius 3 is 2.72 bits per heavy atom. The Morgan fingerprint density at radius 2 is 2.00 bits per heavy atom. The van der Waals surface area contributed by atoms with Crippen molar-refractivity contribution < 1.29 is 9.18 Å². The van der Waals surface area contributed by atoms with Gasteiger partial charge in [0.05, 0.1) is 5.69 Å². The first kappa shape index (κ1) is 11.6. The monoisotopic (exact) mass is 245 g/mol. The largest absolute Gasteiger partial charge is 0.294 e. The number of fused-ring (bicyclic) bond motifs is 2. The van der Waals surface area contributed by atoms with E-state index < -0.39 is 0 Å². The van der Waals surface area contributed by atoms with Gasteiger partial charge in [-0.2, -0.15) is 0 Å². The number of carbonyl (C=O) groups excluding carboxylic acids is 1. The van der Waals surface area contributed by atoms with Crippen molar-refractivity contribution in [2.75, 3.05) is 0 Å². The maximum Gasteiger partial charge on any atom is 0.163 e. The third kappa shape index (κ3) is 1.53. The van der Waals surface area contributed by atoms with Crippen LogP contribution in [0.2, 0.25) is 0 Å². The average Bonchev–Trinajstić information content (AvgIpc) is 2.80. The highest BCUT2D eigenvalue weighted by atomic mass is 19.1. The van der Waals surface area contributed by atoms with Crippen LogP contribution in [0.15, 0.2) is 11.8 Å². The van der Waals surface area contributed by atoms with Crippen molar-refractivity contribution >= 4 is 11.4 Å². The Hall–Kier alpha value is -1.51. The summed E-state index contributed by atoms with van der Waals surface area (Å²) in [6, 6.07) is 0. The van der Waals surface area contributed by atoms with Crippen LogP contribution in [0.25, 0.3) is 5.57 Å². The summed E-state index contributed by atoms with van der Waals surface area (Å²) in [6.45, 7) is 3.88. The molecule has 0 saturated heterocycles. The number of ketones is 1. The first-order chi connectivity index (χ1) is 8.59. The molecule has 94 valence electrons. The van der Waals surface area contributed by atoms with Crippen LogP contribution in [-0.4, -0.2) is 10.8 Å². The molecule has 0 atom stereocenters. The zero-order valence-electron chi connectivity index (χ0n) is 10.7. The molecule has 2 aliphatic rings. The van der Waals surface area contributed by atoms with Crippen molar-refractivity contribution in [3.63, 3.8) is 0 Å². The molecular weight excluding hydrogens is 229 g/mol. The molecule has 0 unspecified atom stereocenters. The normalized spacial score (nSPS) is 18.3. The van der Waals surface area contributed by atoms with Crippen LogP contribution in [0.5, 0.6) is 0 Å². The van der Waals surface area contributed by atoms with Crippen LogP contribution >= 0.6 is 0 Å². The first-order valence-electron chi connectivity index (χ1n) is 6.52. The Kier molecular flexibility index (Phi) is 2.58. The molecule has 0 aliphatic heterocycles. The molecule has 0 bridgehead atoms. The van der Waals surface area contributed by atoms with E-state index in [4.69, 9.17) is 0 Å². The van der Waals surface area contributed by atoms with Crippen LogP contribution in [0.1, 0.15) is 55.8 Å². The second-order valence-corrected chi connectivity index (χ2v) is 5.42. The fourth-order valence-electron chi connectivity index (χ4n) is 2.95. The van der Waals surface area contributed by atoms with Crippen molar-refractivity contribution in [2.45, 2.75) is 45.4 Å². The molecule has 0 saturated carbocycles. The van der Waals surface area contributed by atoms with E-state index in [1.807, 2.05) is 13.8 Å². The number of nitrogens with zero attached hydrogens (tertiary/aromatic N) is 1. The van der Waals surface area contributed by atoms with Crippen LogP contribution in [0.3, 0.4) is 0 Å². The van der Waals surface area contributed by atoms with E-state index in [-0.39, 0.29) is 23.9 Å². The van der Waals surface area contributed by atoms with Crippen LogP contribution < -0.4 is 0 Å². The lowest BCUT2D eigenvalue weighted by molar-refractivity contribution is -0.115. The summed E-state index contributed by atoms with van der Waals surface area (Å²) >= 11 is 0. The third-order valence-electron chi connectivity index (χ3n) is 3.94. The highest BCUT2D eigenvalue weighted by Gasteiger charge is 2.32. The summed E-state index contributed by atoms with van der Waals surface area (Å²) in [4.78, 5) is 16.4. The summed E-state index contributed by atoms with van der Waals surface area (Å²) in [6.07, 6.45) is 4.51. The highest BCUT2D eigenvalue weighted by Crippen LogP contribution is 2.40. The van der Waals surface area contributed by atoms with Gasteiger partial charge in [0, 0.05) is 29.3 Å². The zero-order valence-corrected chi connectivity index (χ0v) is 10.7. The number of allylic oxidation sites excluding steroid dienone is 2. The van der Waals surface area contributed by atoms with Gasteiger partial charge >= 0.3 is 0 Å². The zero-order chi connectivity index (χ0) is 12.9. The van der Waals surface area contributed by atoms with Gasteiger partial charge in [-0.3, -0.25) is 9.78 Å². The molecule has 1 heterocycles. The molecule has 1 aromatic rings. The van der Waals surface area contributed by atoms with Gasteiger partial charge < -0.3 is 0 Å². The number of rotatable bonds is 1. The van der Waals surface area contributed by atoms with Gasteiger partial charge in [0.2, 0.25) is 0 Å². The maximum absolute atomic E-state index is 14.4. The number of carbonyl (C=O) groups is 1. The van der Waals surface area contributed by atoms with Gasteiger partial charge in [-0.1, -0.05) is 13.8 Å². The summed E-state index contributed by atoms with van der Waals surface area (Å²) in [5.74, 6) is -0.0322. The summed E-state index contributed by atoms with van der Waals surface area (Å²) < 4.78 is 14.4. The molecular formula is C15H16FNO. The van der Waals surface area contributed by atoms with E-state index in [0.717, 1.165) is 36.1 Å². The van der Waals surface area contributed by atoms with E-state index in [9.17, 15) is 9.18 Å². The number of hydrogen-bond donors (Lipinski definition) is 0. The van der Waals surface area contributed by atoms with Gasteiger partial charge in [-0.25, -0.2) is 4.39 Å². The minimum Gasteiger partial charge on any atom is -0.294 e. The molecule has 0 amide bonds. The molecule has 2 aliphatic carbocycles. The average molecular weight is 245 g/mol. The van der Waals surface area contributed by atoms with Gasteiger partial charge in [-0.15, -0.1) is 0 Å². The lowest BCUT2D eigenvalue weighted by Gasteiger charge is -2.20. The molecule has 0 radical (unpaired) electrons. The second kappa shape index (κ2) is 4.01. The molecule has 0 fully saturated rings. The third-order valence-corrected chi connectivity index (χ3v) is 3.94. The number of halogens is 1. The van der Waals surface area contributed by atoms with Crippen molar-refractivity contribution in [3.8, 4) is 0 Å². The minimum absolute atomic E-state index is 0.0941. The van der Waals surface area contributed by atoms with Crippen molar-refractivity contribution in [2.24, 2.45) is 0 Å². The molecule has 2 nitrogen and oxygen atoms in total. The number of aromatic nitrogens is 1. The summed E-state index contributed by atoms with van der Waals surface area (Å²) in [5.41, 5.74) is 3.77. The lowest BCUT2D eigenvalue weighted by atomic mass is 9.87. The van der Waals surface area contributed by atoms with E-state index in [0.29, 0.717) is 11.1 Å². The van der Waals surface area contributed by atoms with Crippen LogP contribution in [0.4, 0.5) is 4.39 Å². The van der Waals surface area contributed by atoms with Crippen LogP contribution in [0, 0.1) is 5.82 Å². The Morgan fingerprint density at radius 1 is 1.28 bits per heavy atom. The van der Waals surface area contributed by atoms with Gasteiger partial charge in [0.15, 0.2) is 5.78 Å². The number of Topliss-reactive ketones (excluding diaryl/α,β-unsaturated/α-hetero) is 1. The quantitative estimate of drug-likeness (QED) is 0.759. The maximum atomic E-state index is 14.4. The first-order valence-corrected chi connectivity index (χ1v) is 6.52. The van der Waals surface area contributed by atoms with Gasteiger partial charge in [0.25, 0.3) is 0 Å². The number of hydrogen-bond acceptors (Lipinski definition) is 2. The Bertz CT molecular complexity index is 572. The molecule has 0 N–H and O–H groups in total. The molecule has 3 rings (SSSR count). The van der Waals surface area contributed by atoms with E-state index >= 15 is 0 Å². The predicted molar refractivity (Wildman–Crippen MR) is 67.8 cm³/mol. The Balaban J connectivity index is 2.21. The van der Waals surface area contributed by atoms with Gasteiger partial charge in [0.1, 0.15) is 5.82 Å². The molecule has 0 spiro atoms. The standard InChI is InChI=1S/C15H16FNO/c1-8(2)12-7-17-15-10-5-3-4-9(10)13(18)6-11(15)14(12)16/h7-8H,3-6H2,1-2H3. The molecule has 0 aromatic carbocycles. The fourth-order valence-corrected chi connectivity index (χ4v) is 2.95. The lowest BCUT2D eigenvalue weighted by Crippen LogP contribution is -2.17. The van der Waals surface area contributed by atoms with Crippen molar-refractivity contribution in [1.82, 2.24) is 4.98 Å². The van der Waals surface area contributed by atoms with Crippen molar-refractivity contribution in [1.29, 1.82) is 0 Å². The Labute approximate surface area is 106 Å². The topological polar surface area (TPSA) is 30.0 Å². The summed E-state index contributed by atoms with van der Waals surface area (Å²) in [5, 5.41) is 0. The second-order valence-electron chi connectivity index (χ2n) is 5.42. The molecule has 3 heteroatoms. The molecule has 18 heavy (non-hydrogen) atoms. The summed E-state index contributed by atoms with van der Waals surface area (Å²) in [7, 11) is 0. The van der Waals surface area contributed by atoms with Gasteiger partial charge in [-0.05, 0) is 30.8 Å².